The van der Waals surface area contributed by atoms with E-state index in [0.29, 0.717) is 28.7 Å². The Morgan fingerprint density at radius 1 is 1.22 bits per heavy atom. The van der Waals surface area contributed by atoms with E-state index >= 15 is 0 Å². The van der Waals surface area contributed by atoms with E-state index in [1.807, 2.05) is 42.9 Å². The number of hydrogen-bond acceptors (Lipinski definition) is 9. The number of carbonyl (C=O) groups is 1. The molecule has 1 aliphatic heterocycles. The van der Waals surface area contributed by atoms with Crippen molar-refractivity contribution in [3.8, 4) is 11.3 Å². The Bertz CT molecular complexity index is 1410. The topological polar surface area (TPSA) is 136 Å². The maximum atomic E-state index is 12.4. The fraction of sp³-hybridized carbons (Fsp3) is 0.320. The second-order valence-electron chi connectivity index (χ2n) is 9.00. The minimum atomic E-state index is -0.693. The molecule has 11 nitrogen and oxygen atoms in total. The van der Waals surface area contributed by atoms with Crippen molar-refractivity contribution in [3.63, 3.8) is 0 Å². The fourth-order valence-electron chi connectivity index (χ4n) is 4.42. The van der Waals surface area contributed by atoms with Crippen molar-refractivity contribution in [1.82, 2.24) is 24.5 Å². The first-order valence-electron chi connectivity index (χ1n) is 11.7. The second-order valence-corrected chi connectivity index (χ2v) is 9.00. The van der Waals surface area contributed by atoms with Crippen molar-refractivity contribution in [2.45, 2.75) is 25.6 Å². The molecule has 0 bridgehead atoms. The average Bonchev–Trinajstić information content (AvgIpc) is 3.24. The van der Waals surface area contributed by atoms with Crippen LogP contribution < -0.4 is 21.3 Å². The van der Waals surface area contributed by atoms with Crippen LogP contribution in [-0.2, 0) is 11.8 Å². The van der Waals surface area contributed by atoms with Crippen molar-refractivity contribution in [3.05, 3.63) is 48.7 Å². The summed E-state index contributed by atoms with van der Waals surface area (Å²) in [6.07, 6.45) is 6.77. The molecule has 0 aliphatic carbocycles. The van der Waals surface area contributed by atoms with Crippen molar-refractivity contribution >= 4 is 40.0 Å². The summed E-state index contributed by atoms with van der Waals surface area (Å²) in [4.78, 5) is 32.6. The zero-order valence-electron chi connectivity index (χ0n) is 20.7. The number of hydrogen-bond donors (Lipinski definition) is 3. The van der Waals surface area contributed by atoms with Gasteiger partial charge < -0.3 is 30.6 Å². The molecule has 186 valence electrons. The molecule has 1 aliphatic rings. The molecule has 1 amide bonds. The third-order valence-electron chi connectivity index (χ3n) is 6.33. The van der Waals surface area contributed by atoms with Crippen LogP contribution in [0.5, 0.6) is 0 Å². The summed E-state index contributed by atoms with van der Waals surface area (Å²) >= 11 is 0. The third-order valence-corrected chi connectivity index (χ3v) is 6.33. The van der Waals surface area contributed by atoms with Gasteiger partial charge in [-0.2, -0.15) is 0 Å². The van der Waals surface area contributed by atoms with Crippen LogP contribution in [0.3, 0.4) is 0 Å². The number of nitrogens with zero attached hydrogens (tertiary/aromatic N) is 6. The molecule has 5 rings (SSSR count). The Labute approximate surface area is 208 Å². The number of rotatable bonds is 8. The van der Waals surface area contributed by atoms with E-state index in [1.165, 1.54) is 0 Å². The summed E-state index contributed by atoms with van der Waals surface area (Å²) in [5, 5.41) is 6.26. The maximum absolute atomic E-state index is 12.4. The number of fused-ring (bicyclic) bond motifs is 1. The summed E-state index contributed by atoms with van der Waals surface area (Å²) < 4.78 is 7.59. The zero-order chi connectivity index (χ0) is 25.4. The highest BCUT2D eigenvalue weighted by Gasteiger charge is 2.27. The van der Waals surface area contributed by atoms with Crippen molar-refractivity contribution < 1.29 is 9.53 Å². The van der Waals surface area contributed by atoms with Gasteiger partial charge in [0.05, 0.1) is 35.8 Å². The molecule has 1 aromatic carbocycles. The lowest BCUT2D eigenvalue weighted by Crippen LogP contribution is -2.43. The van der Waals surface area contributed by atoms with E-state index in [4.69, 9.17) is 10.5 Å². The van der Waals surface area contributed by atoms with Crippen LogP contribution in [0.2, 0.25) is 0 Å². The molecule has 4 N–H and O–H groups in total. The van der Waals surface area contributed by atoms with Gasteiger partial charge in [0.25, 0.3) is 5.91 Å². The highest BCUT2D eigenvalue weighted by Crippen LogP contribution is 2.32. The van der Waals surface area contributed by atoms with Gasteiger partial charge in [-0.15, -0.1) is 0 Å². The lowest BCUT2D eigenvalue weighted by molar-refractivity contribution is -0.107. The third kappa shape index (κ3) is 4.40. The molecule has 4 heterocycles. The number of likely N-dealkylation sites (N-methyl/N-ethyl adjacent to an activating group) is 1. The van der Waals surface area contributed by atoms with Crippen LogP contribution in [0, 0.1) is 0 Å². The Kier molecular flexibility index (Phi) is 6.15. The minimum Gasteiger partial charge on any atom is -0.373 e. The maximum Gasteiger partial charge on any atom is 0.271 e. The number of nitrogens with one attached hydrogen (secondary N) is 2. The first-order chi connectivity index (χ1) is 17.3. The molecule has 1 fully saturated rings. The highest BCUT2D eigenvalue weighted by molar-refractivity contribution is 5.99. The molecule has 0 spiro atoms. The number of aromatic nitrogens is 5. The molecule has 2 unspecified atom stereocenters. The molecular weight excluding hydrogens is 458 g/mol. The number of ether oxygens (including phenoxy) is 1. The van der Waals surface area contributed by atoms with Crippen molar-refractivity contribution in [1.29, 1.82) is 0 Å². The molecule has 2 atom stereocenters. The van der Waals surface area contributed by atoms with Crippen molar-refractivity contribution in [2.75, 3.05) is 36.2 Å². The Morgan fingerprint density at radius 2 is 1.97 bits per heavy atom. The van der Waals surface area contributed by atoms with E-state index in [-0.39, 0.29) is 17.6 Å². The SMILES string of the molecule is CNc1nc(Nc2ccc(N(C)CC3CC(C)O3)cc2)c(C(N)=O)nc1-c1cncc2c1ncn2C. The van der Waals surface area contributed by atoms with E-state index in [0.717, 1.165) is 29.9 Å². The molecule has 11 heteroatoms. The van der Waals surface area contributed by atoms with E-state index in [1.54, 1.807) is 25.8 Å². The largest absolute Gasteiger partial charge is 0.373 e. The molecule has 4 aromatic rings. The van der Waals surface area contributed by atoms with Gasteiger partial charge in [0.2, 0.25) is 0 Å². The van der Waals surface area contributed by atoms with Crippen LogP contribution in [0.1, 0.15) is 23.8 Å². The lowest BCUT2D eigenvalue weighted by Gasteiger charge is -2.36. The summed E-state index contributed by atoms with van der Waals surface area (Å²) in [7, 11) is 5.67. The normalized spacial score (nSPS) is 17.0. The Morgan fingerprint density at radius 3 is 2.64 bits per heavy atom. The Hall–Kier alpha value is -4.25. The number of primary amides is 1. The van der Waals surface area contributed by atoms with E-state index < -0.39 is 5.91 Å². The van der Waals surface area contributed by atoms with Crippen LogP contribution in [0.15, 0.2) is 43.0 Å². The first-order valence-corrected chi connectivity index (χ1v) is 11.7. The van der Waals surface area contributed by atoms with Gasteiger partial charge >= 0.3 is 0 Å². The average molecular weight is 488 g/mol. The zero-order valence-corrected chi connectivity index (χ0v) is 20.7. The monoisotopic (exact) mass is 487 g/mol. The van der Waals surface area contributed by atoms with Crippen LogP contribution in [-0.4, -0.2) is 63.3 Å². The van der Waals surface area contributed by atoms with Gasteiger partial charge in [0.15, 0.2) is 17.3 Å². The number of imidazole rings is 1. The first kappa shape index (κ1) is 23.5. The van der Waals surface area contributed by atoms with Crippen LogP contribution in [0.25, 0.3) is 22.3 Å². The number of pyridine rings is 1. The molecule has 0 radical (unpaired) electrons. The van der Waals surface area contributed by atoms with Crippen LogP contribution >= 0.6 is 0 Å². The van der Waals surface area contributed by atoms with Gasteiger partial charge in [-0.1, -0.05) is 0 Å². The highest BCUT2D eigenvalue weighted by atomic mass is 16.5. The van der Waals surface area contributed by atoms with Gasteiger partial charge in [-0.25, -0.2) is 15.0 Å². The van der Waals surface area contributed by atoms with Gasteiger partial charge in [0, 0.05) is 51.7 Å². The van der Waals surface area contributed by atoms with E-state index in [9.17, 15) is 4.79 Å². The summed E-state index contributed by atoms with van der Waals surface area (Å²) in [5.74, 6) is 0.0318. The predicted molar refractivity (Wildman–Crippen MR) is 140 cm³/mol. The number of aryl methyl sites for hydroxylation is 1. The predicted octanol–water partition coefficient (Wildman–Crippen LogP) is 2.92. The molecule has 1 saturated heterocycles. The standard InChI is InChI=1S/C25H29N9O2/c1-14-9-17(36-14)12-33(3)16-7-5-15(6-8-16)30-25-22(23(26)35)31-21(24(27-2)32-25)18-10-28-11-19-20(18)29-13-34(19)4/h5-8,10-11,13-14,17H,9,12H2,1-4H3,(H2,26,35)(H2,27,30,32). The fourth-order valence-corrected chi connectivity index (χ4v) is 4.42. The van der Waals surface area contributed by atoms with Gasteiger partial charge in [-0.05, 0) is 31.2 Å². The molecular formula is C25H29N9O2. The van der Waals surface area contributed by atoms with E-state index in [2.05, 4.69) is 42.4 Å². The number of amides is 1. The number of benzene rings is 1. The lowest BCUT2D eigenvalue weighted by atomic mass is 10.1. The summed E-state index contributed by atoms with van der Waals surface area (Å²) in [6, 6.07) is 7.85. The van der Waals surface area contributed by atoms with Crippen LogP contribution in [0.4, 0.5) is 23.0 Å². The number of carbonyl (C=O) groups excluding carboxylic acids is 1. The second kappa shape index (κ2) is 9.42. The number of nitrogens with two attached hydrogens (primary N) is 1. The van der Waals surface area contributed by atoms with Crippen molar-refractivity contribution in [2.24, 2.45) is 12.8 Å². The van der Waals surface area contributed by atoms with Gasteiger partial charge in [-0.3, -0.25) is 9.78 Å². The smallest absolute Gasteiger partial charge is 0.271 e. The number of anilines is 4. The molecule has 36 heavy (non-hydrogen) atoms. The Balaban J connectivity index is 1.44. The van der Waals surface area contributed by atoms with Gasteiger partial charge in [0.1, 0.15) is 11.2 Å². The summed E-state index contributed by atoms with van der Waals surface area (Å²) in [5.41, 5.74) is 10.2. The molecule has 0 saturated carbocycles. The molecule has 3 aromatic heterocycles. The quantitative estimate of drug-likeness (QED) is 0.343. The minimum absolute atomic E-state index is 0.0226. The summed E-state index contributed by atoms with van der Waals surface area (Å²) in [6.45, 7) is 2.92.